The van der Waals surface area contributed by atoms with E-state index in [0.717, 1.165) is 37.6 Å². The van der Waals surface area contributed by atoms with Crippen LogP contribution in [0.3, 0.4) is 0 Å². The first-order chi connectivity index (χ1) is 9.72. The van der Waals surface area contributed by atoms with E-state index >= 15 is 0 Å². The molecule has 106 valence electrons. The summed E-state index contributed by atoms with van der Waals surface area (Å²) in [7, 11) is 0. The SMILES string of the molecule is Cc1cccc(-c2nc(CN3CCNC[C@H]3C)no2)c1. The monoisotopic (exact) mass is 272 g/mol. The maximum atomic E-state index is 5.38. The lowest BCUT2D eigenvalue weighted by Gasteiger charge is -2.32. The number of nitrogens with one attached hydrogen (secondary N) is 1. The van der Waals surface area contributed by atoms with Gasteiger partial charge in [-0.2, -0.15) is 4.98 Å². The quantitative estimate of drug-likeness (QED) is 0.924. The Morgan fingerprint density at radius 1 is 1.45 bits per heavy atom. The number of aromatic nitrogens is 2. The van der Waals surface area contributed by atoms with Crippen LogP contribution in [0.15, 0.2) is 28.8 Å². The molecule has 5 heteroatoms. The van der Waals surface area contributed by atoms with Crippen LogP contribution >= 0.6 is 0 Å². The van der Waals surface area contributed by atoms with E-state index in [2.05, 4.69) is 46.3 Å². The van der Waals surface area contributed by atoms with Gasteiger partial charge >= 0.3 is 0 Å². The van der Waals surface area contributed by atoms with Crippen molar-refractivity contribution < 1.29 is 4.52 Å². The van der Waals surface area contributed by atoms with Gasteiger partial charge in [-0.25, -0.2) is 0 Å². The zero-order valence-corrected chi connectivity index (χ0v) is 12.0. The van der Waals surface area contributed by atoms with E-state index in [1.807, 2.05) is 12.1 Å². The van der Waals surface area contributed by atoms with Crippen LogP contribution in [0.25, 0.3) is 11.5 Å². The Kier molecular flexibility index (Phi) is 3.80. The van der Waals surface area contributed by atoms with E-state index in [1.54, 1.807) is 0 Å². The van der Waals surface area contributed by atoms with Crippen molar-refractivity contribution in [1.29, 1.82) is 0 Å². The molecule has 3 rings (SSSR count). The predicted octanol–water partition coefficient (Wildman–Crippen LogP) is 1.84. The van der Waals surface area contributed by atoms with E-state index in [-0.39, 0.29) is 0 Å². The minimum absolute atomic E-state index is 0.504. The fraction of sp³-hybridized carbons (Fsp3) is 0.467. The largest absolute Gasteiger partial charge is 0.334 e. The van der Waals surface area contributed by atoms with Crippen LogP contribution < -0.4 is 5.32 Å². The average molecular weight is 272 g/mol. The zero-order chi connectivity index (χ0) is 13.9. The van der Waals surface area contributed by atoms with Crippen LogP contribution in [0.5, 0.6) is 0 Å². The van der Waals surface area contributed by atoms with E-state index < -0.39 is 0 Å². The molecule has 0 aliphatic carbocycles. The smallest absolute Gasteiger partial charge is 0.257 e. The molecule has 1 aliphatic rings. The van der Waals surface area contributed by atoms with Gasteiger partial charge in [-0.3, -0.25) is 4.90 Å². The van der Waals surface area contributed by atoms with Crippen LogP contribution in [0.2, 0.25) is 0 Å². The first kappa shape index (κ1) is 13.3. The van der Waals surface area contributed by atoms with Crippen molar-refractivity contribution in [2.24, 2.45) is 0 Å². The van der Waals surface area contributed by atoms with Gasteiger partial charge in [-0.15, -0.1) is 0 Å². The third-order valence-corrected chi connectivity index (χ3v) is 3.72. The van der Waals surface area contributed by atoms with Gasteiger partial charge in [0.2, 0.25) is 0 Å². The fourth-order valence-electron chi connectivity index (χ4n) is 2.51. The third-order valence-electron chi connectivity index (χ3n) is 3.72. The molecule has 0 bridgehead atoms. The molecule has 1 aromatic heterocycles. The molecule has 1 aliphatic heterocycles. The summed E-state index contributed by atoms with van der Waals surface area (Å²) in [5, 5.41) is 7.48. The Bertz CT molecular complexity index is 581. The summed E-state index contributed by atoms with van der Waals surface area (Å²) in [5.41, 5.74) is 2.18. The molecular weight excluding hydrogens is 252 g/mol. The average Bonchev–Trinajstić information content (AvgIpc) is 2.90. The third kappa shape index (κ3) is 2.89. The molecule has 1 aromatic carbocycles. The van der Waals surface area contributed by atoms with Gasteiger partial charge in [-0.1, -0.05) is 22.9 Å². The molecule has 20 heavy (non-hydrogen) atoms. The standard InChI is InChI=1S/C15H20N4O/c1-11-4-3-5-13(8-11)15-17-14(18-20-15)10-19-7-6-16-9-12(19)2/h3-5,8,12,16H,6-7,9-10H2,1-2H3/t12-/m1/s1. The fourth-order valence-corrected chi connectivity index (χ4v) is 2.51. The Morgan fingerprint density at radius 2 is 2.35 bits per heavy atom. The Morgan fingerprint density at radius 3 is 3.15 bits per heavy atom. The number of hydrogen-bond donors (Lipinski definition) is 1. The number of nitrogens with zero attached hydrogens (tertiary/aromatic N) is 3. The van der Waals surface area contributed by atoms with Gasteiger partial charge in [0.05, 0.1) is 6.54 Å². The first-order valence-electron chi connectivity index (χ1n) is 7.07. The normalized spacial score (nSPS) is 20.2. The molecule has 0 radical (unpaired) electrons. The van der Waals surface area contributed by atoms with Gasteiger partial charge in [0.25, 0.3) is 5.89 Å². The van der Waals surface area contributed by atoms with Crippen molar-refractivity contribution in [2.45, 2.75) is 26.4 Å². The van der Waals surface area contributed by atoms with Crippen LogP contribution in [0.1, 0.15) is 18.3 Å². The van der Waals surface area contributed by atoms with Gasteiger partial charge in [0.1, 0.15) is 0 Å². The zero-order valence-electron chi connectivity index (χ0n) is 12.0. The molecule has 0 amide bonds. The summed E-state index contributed by atoms with van der Waals surface area (Å²) in [6, 6.07) is 8.63. The molecule has 1 atom stereocenters. The maximum Gasteiger partial charge on any atom is 0.257 e. The van der Waals surface area contributed by atoms with Gasteiger partial charge < -0.3 is 9.84 Å². The number of benzene rings is 1. The van der Waals surface area contributed by atoms with Crippen molar-refractivity contribution in [2.75, 3.05) is 19.6 Å². The van der Waals surface area contributed by atoms with E-state index in [1.165, 1.54) is 5.56 Å². The maximum absolute atomic E-state index is 5.38. The molecule has 1 saturated heterocycles. The molecule has 0 unspecified atom stereocenters. The highest BCUT2D eigenvalue weighted by Gasteiger charge is 2.20. The summed E-state index contributed by atoms with van der Waals surface area (Å²) in [4.78, 5) is 6.89. The van der Waals surface area contributed by atoms with Crippen molar-refractivity contribution in [3.63, 3.8) is 0 Å². The van der Waals surface area contributed by atoms with E-state index in [4.69, 9.17) is 4.52 Å². The Hall–Kier alpha value is -1.72. The lowest BCUT2D eigenvalue weighted by molar-refractivity contribution is 0.160. The highest BCUT2D eigenvalue weighted by atomic mass is 16.5. The number of piperazine rings is 1. The molecule has 2 aromatic rings. The van der Waals surface area contributed by atoms with Crippen molar-refractivity contribution >= 4 is 0 Å². The lowest BCUT2D eigenvalue weighted by Crippen LogP contribution is -2.49. The van der Waals surface area contributed by atoms with Crippen molar-refractivity contribution in [3.8, 4) is 11.5 Å². The molecule has 1 N–H and O–H groups in total. The lowest BCUT2D eigenvalue weighted by atomic mass is 10.1. The second-order valence-corrected chi connectivity index (χ2v) is 5.41. The summed E-state index contributed by atoms with van der Waals surface area (Å²) in [6.07, 6.45) is 0. The molecular formula is C15H20N4O. The van der Waals surface area contributed by atoms with Gasteiger partial charge in [-0.05, 0) is 26.0 Å². The van der Waals surface area contributed by atoms with Gasteiger partial charge in [0.15, 0.2) is 5.82 Å². The van der Waals surface area contributed by atoms with Crippen LogP contribution in [0, 0.1) is 6.92 Å². The first-order valence-corrected chi connectivity index (χ1v) is 7.07. The summed E-state index contributed by atoms with van der Waals surface area (Å²) < 4.78 is 5.38. The van der Waals surface area contributed by atoms with Crippen LogP contribution in [-0.2, 0) is 6.54 Å². The molecule has 0 saturated carbocycles. The minimum atomic E-state index is 0.504. The predicted molar refractivity (Wildman–Crippen MR) is 77.2 cm³/mol. The highest BCUT2D eigenvalue weighted by molar-refractivity contribution is 5.53. The van der Waals surface area contributed by atoms with E-state index in [9.17, 15) is 0 Å². The van der Waals surface area contributed by atoms with Crippen LogP contribution in [-0.4, -0.2) is 40.7 Å². The molecule has 5 nitrogen and oxygen atoms in total. The summed E-state index contributed by atoms with van der Waals surface area (Å²) in [6.45, 7) is 8.08. The molecule has 1 fully saturated rings. The summed E-state index contributed by atoms with van der Waals surface area (Å²) in [5.74, 6) is 1.36. The second kappa shape index (κ2) is 5.73. The van der Waals surface area contributed by atoms with Gasteiger partial charge in [0, 0.05) is 31.2 Å². The van der Waals surface area contributed by atoms with Crippen molar-refractivity contribution in [3.05, 3.63) is 35.7 Å². The van der Waals surface area contributed by atoms with Crippen molar-refractivity contribution in [1.82, 2.24) is 20.4 Å². The van der Waals surface area contributed by atoms with E-state index in [0.29, 0.717) is 11.9 Å². The van der Waals surface area contributed by atoms with Crippen LogP contribution in [0.4, 0.5) is 0 Å². The number of rotatable bonds is 3. The molecule has 0 spiro atoms. The minimum Gasteiger partial charge on any atom is -0.334 e. The second-order valence-electron chi connectivity index (χ2n) is 5.41. The Labute approximate surface area is 119 Å². The summed E-state index contributed by atoms with van der Waals surface area (Å²) >= 11 is 0. The highest BCUT2D eigenvalue weighted by Crippen LogP contribution is 2.19. The Balaban J connectivity index is 1.73. The number of hydrogen-bond acceptors (Lipinski definition) is 5. The number of aryl methyl sites for hydroxylation is 1. The topological polar surface area (TPSA) is 54.2 Å². The molecule has 2 heterocycles.